The van der Waals surface area contributed by atoms with E-state index in [0.29, 0.717) is 32.7 Å². The van der Waals surface area contributed by atoms with Crippen molar-refractivity contribution in [1.82, 2.24) is 4.98 Å². The minimum Gasteiger partial charge on any atom is -0.410 e. The highest BCUT2D eigenvalue weighted by Gasteiger charge is 2.15. The maximum Gasteiger partial charge on any atom is 0.325 e. The molecule has 3 N–H and O–H groups in total. The first-order valence-corrected chi connectivity index (χ1v) is 8.48. The van der Waals surface area contributed by atoms with Crippen molar-refractivity contribution >= 4 is 45.5 Å². The summed E-state index contributed by atoms with van der Waals surface area (Å²) in [5.41, 5.74) is 1.98. The van der Waals surface area contributed by atoms with Gasteiger partial charge in [-0.25, -0.2) is 9.78 Å². The lowest BCUT2D eigenvalue weighted by Crippen LogP contribution is -2.21. The molecule has 0 unspecified atom stereocenters. The molecule has 3 aromatic rings. The van der Waals surface area contributed by atoms with Crippen molar-refractivity contribution in [2.45, 2.75) is 0 Å². The average molecular weight is 373 g/mol. The highest BCUT2D eigenvalue weighted by Crippen LogP contribution is 2.25. The molecule has 0 fully saturated rings. The molecule has 1 heterocycles. The van der Waals surface area contributed by atoms with E-state index in [1.54, 1.807) is 29.8 Å². The fraction of sp³-hybridized carbons (Fsp3) is 0. The number of oxime groups is 1. The minimum atomic E-state index is -0.469. The van der Waals surface area contributed by atoms with E-state index in [9.17, 15) is 10.0 Å². The molecule has 0 saturated carbocycles. The van der Waals surface area contributed by atoms with Crippen molar-refractivity contribution in [1.29, 1.82) is 0 Å². The number of urea groups is 1. The second-order valence-electron chi connectivity index (χ2n) is 4.92. The van der Waals surface area contributed by atoms with Gasteiger partial charge >= 0.3 is 6.03 Å². The molecule has 0 atom stereocenters. The lowest BCUT2D eigenvalue weighted by Gasteiger charge is -2.13. The summed E-state index contributed by atoms with van der Waals surface area (Å²) < 4.78 is 0. The zero-order valence-corrected chi connectivity index (χ0v) is 14.4. The van der Waals surface area contributed by atoms with Crippen molar-refractivity contribution in [3.8, 4) is 0 Å². The fourth-order valence-corrected chi connectivity index (χ4v) is 2.92. The summed E-state index contributed by atoms with van der Waals surface area (Å²) in [5.74, 6) is 0. The molecule has 8 heteroatoms. The van der Waals surface area contributed by atoms with Gasteiger partial charge in [0.1, 0.15) is 5.71 Å². The molecule has 3 rings (SSSR count). The van der Waals surface area contributed by atoms with E-state index in [2.05, 4.69) is 20.8 Å². The number of halogens is 1. The Balaban J connectivity index is 1.91. The lowest BCUT2D eigenvalue weighted by molar-refractivity contribution is 0.262. The zero-order chi connectivity index (χ0) is 17.6. The molecular formula is C17H13ClN4O2S. The van der Waals surface area contributed by atoms with Gasteiger partial charge in [0.15, 0.2) is 5.13 Å². The van der Waals surface area contributed by atoms with Crippen molar-refractivity contribution in [3.63, 3.8) is 0 Å². The molecule has 0 spiro atoms. The Bertz CT molecular complexity index is 898. The van der Waals surface area contributed by atoms with Gasteiger partial charge in [0.2, 0.25) is 0 Å². The van der Waals surface area contributed by atoms with E-state index < -0.39 is 6.03 Å². The number of carbonyl (C=O) groups excluding carboxylic acids is 1. The van der Waals surface area contributed by atoms with E-state index >= 15 is 0 Å². The third kappa shape index (κ3) is 4.14. The number of hydrogen-bond donors (Lipinski definition) is 3. The average Bonchev–Trinajstić information content (AvgIpc) is 3.11. The lowest BCUT2D eigenvalue weighted by atomic mass is 10.0. The van der Waals surface area contributed by atoms with Crippen LogP contribution >= 0.6 is 22.9 Å². The number of nitrogens with one attached hydrogen (secondary N) is 2. The number of carbonyl (C=O) groups is 1. The van der Waals surface area contributed by atoms with Gasteiger partial charge in [-0.3, -0.25) is 5.32 Å². The molecule has 0 bridgehead atoms. The summed E-state index contributed by atoms with van der Waals surface area (Å²) in [7, 11) is 0. The van der Waals surface area contributed by atoms with Gasteiger partial charge in [0, 0.05) is 27.7 Å². The molecule has 6 nitrogen and oxygen atoms in total. The number of anilines is 2. The number of nitrogens with zero attached hydrogens (tertiary/aromatic N) is 2. The first-order valence-electron chi connectivity index (χ1n) is 7.22. The van der Waals surface area contributed by atoms with Gasteiger partial charge < -0.3 is 10.5 Å². The SMILES string of the molecule is O=C(Nc1nccs1)Nc1cc(Cl)ccc1/C(=N/O)c1ccccc1. The molecule has 0 aliphatic carbocycles. The Morgan fingerprint density at radius 2 is 1.96 bits per heavy atom. The van der Waals surface area contributed by atoms with Crippen molar-refractivity contribution in [2.24, 2.45) is 5.16 Å². The standard InChI is InChI=1S/C17H13ClN4O2S/c18-12-6-7-13(15(22-24)11-4-2-1-3-5-11)14(10-12)20-16(23)21-17-19-8-9-25-17/h1-10,24H,(H2,19,20,21,23)/b22-15+. The highest BCUT2D eigenvalue weighted by atomic mass is 35.5. The summed E-state index contributed by atoms with van der Waals surface area (Å²) in [5, 5.41) is 20.9. The summed E-state index contributed by atoms with van der Waals surface area (Å²) >= 11 is 7.36. The van der Waals surface area contributed by atoms with Crippen molar-refractivity contribution in [3.05, 3.63) is 76.3 Å². The van der Waals surface area contributed by atoms with E-state index in [-0.39, 0.29) is 0 Å². The molecule has 1 aromatic heterocycles. The Hall–Kier alpha value is -2.90. The monoisotopic (exact) mass is 372 g/mol. The van der Waals surface area contributed by atoms with E-state index in [1.807, 2.05) is 30.3 Å². The molecule has 126 valence electrons. The summed E-state index contributed by atoms with van der Waals surface area (Å²) in [6.45, 7) is 0. The molecule has 2 aromatic carbocycles. The van der Waals surface area contributed by atoms with Gasteiger partial charge in [0.05, 0.1) is 5.69 Å². The molecule has 25 heavy (non-hydrogen) atoms. The Labute approximate surface area is 152 Å². The Morgan fingerprint density at radius 1 is 1.16 bits per heavy atom. The third-order valence-corrected chi connectivity index (χ3v) is 4.21. The maximum absolute atomic E-state index is 12.2. The topological polar surface area (TPSA) is 86.6 Å². The van der Waals surface area contributed by atoms with E-state index in [1.165, 1.54) is 11.3 Å². The van der Waals surface area contributed by atoms with E-state index in [0.717, 1.165) is 0 Å². The van der Waals surface area contributed by atoms with Crippen LogP contribution in [0.3, 0.4) is 0 Å². The van der Waals surface area contributed by atoms with Crippen LogP contribution in [0, 0.1) is 0 Å². The summed E-state index contributed by atoms with van der Waals surface area (Å²) in [6.07, 6.45) is 1.59. The number of rotatable bonds is 4. The Kier molecular flexibility index (Phi) is 5.27. The highest BCUT2D eigenvalue weighted by molar-refractivity contribution is 7.13. The van der Waals surface area contributed by atoms with Crippen LogP contribution in [0.25, 0.3) is 0 Å². The molecule has 0 aliphatic rings. The van der Waals surface area contributed by atoms with Gasteiger partial charge in [-0.15, -0.1) is 11.3 Å². The van der Waals surface area contributed by atoms with Gasteiger partial charge in [-0.2, -0.15) is 0 Å². The van der Waals surface area contributed by atoms with Crippen LogP contribution in [0.5, 0.6) is 0 Å². The number of hydrogen-bond acceptors (Lipinski definition) is 5. The van der Waals surface area contributed by atoms with Gasteiger partial charge in [0.25, 0.3) is 0 Å². The predicted molar refractivity (Wildman–Crippen MR) is 100 cm³/mol. The summed E-state index contributed by atoms with van der Waals surface area (Å²) in [4.78, 5) is 16.2. The van der Waals surface area contributed by atoms with Crippen LogP contribution in [0.4, 0.5) is 15.6 Å². The zero-order valence-electron chi connectivity index (χ0n) is 12.8. The number of amides is 2. The van der Waals surface area contributed by atoms with Crippen LogP contribution in [0.1, 0.15) is 11.1 Å². The van der Waals surface area contributed by atoms with Crippen LogP contribution in [-0.4, -0.2) is 21.9 Å². The van der Waals surface area contributed by atoms with Gasteiger partial charge in [-0.1, -0.05) is 47.1 Å². The maximum atomic E-state index is 12.2. The molecule has 2 amide bonds. The smallest absolute Gasteiger partial charge is 0.325 e. The first kappa shape index (κ1) is 16.9. The number of benzene rings is 2. The first-order chi connectivity index (χ1) is 12.2. The van der Waals surface area contributed by atoms with Gasteiger partial charge in [-0.05, 0) is 18.2 Å². The number of aromatic nitrogens is 1. The van der Waals surface area contributed by atoms with Crippen LogP contribution in [0.2, 0.25) is 5.02 Å². The van der Waals surface area contributed by atoms with Crippen molar-refractivity contribution < 1.29 is 10.0 Å². The summed E-state index contributed by atoms with van der Waals surface area (Å²) in [6, 6.07) is 13.6. The fourth-order valence-electron chi connectivity index (χ4n) is 2.23. The molecule has 0 saturated heterocycles. The quantitative estimate of drug-likeness (QED) is 0.353. The van der Waals surface area contributed by atoms with Crippen LogP contribution in [0.15, 0.2) is 65.3 Å². The molecular weight excluding hydrogens is 360 g/mol. The molecule has 0 aliphatic heterocycles. The second-order valence-corrected chi connectivity index (χ2v) is 6.25. The van der Waals surface area contributed by atoms with Crippen molar-refractivity contribution in [2.75, 3.05) is 10.6 Å². The third-order valence-electron chi connectivity index (χ3n) is 3.28. The van der Waals surface area contributed by atoms with Crippen LogP contribution < -0.4 is 10.6 Å². The van der Waals surface area contributed by atoms with Crippen LogP contribution in [-0.2, 0) is 0 Å². The minimum absolute atomic E-state index is 0.321. The Morgan fingerprint density at radius 3 is 2.64 bits per heavy atom. The predicted octanol–water partition coefficient (Wildman–Crippen LogP) is 4.67. The number of thiazole rings is 1. The molecule has 0 radical (unpaired) electrons. The van der Waals surface area contributed by atoms with E-state index in [4.69, 9.17) is 11.6 Å². The normalized spacial score (nSPS) is 11.2. The largest absolute Gasteiger partial charge is 0.410 e. The second kappa shape index (κ2) is 7.78.